The number of carbonyl (C=O) groups is 1. The van der Waals surface area contributed by atoms with E-state index in [1.807, 2.05) is 24.3 Å². The van der Waals surface area contributed by atoms with Crippen LogP contribution < -0.4 is 25.1 Å². The molecule has 1 amide bonds. The second-order valence-corrected chi connectivity index (χ2v) is 8.06. The van der Waals surface area contributed by atoms with E-state index in [0.717, 1.165) is 18.8 Å². The van der Waals surface area contributed by atoms with Crippen LogP contribution in [0.4, 0.5) is 15.8 Å². The van der Waals surface area contributed by atoms with Crippen molar-refractivity contribution in [3.8, 4) is 17.2 Å². The van der Waals surface area contributed by atoms with Gasteiger partial charge in [-0.05, 0) is 69.3 Å². The van der Waals surface area contributed by atoms with Crippen LogP contribution in [0.3, 0.4) is 0 Å². The van der Waals surface area contributed by atoms with E-state index in [2.05, 4.69) is 24.1 Å². The van der Waals surface area contributed by atoms with Crippen molar-refractivity contribution in [1.29, 1.82) is 0 Å². The molecule has 4 rings (SSSR count). The lowest BCUT2D eigenvalue weighted by Crippen LogP contribution is -2.22. The number of anilines is 2. The summed E-state index contributed by atoms with van der Waals surface area (Å²) in [6.45, 7) is 7.33. The van der Waals surface area contributed by atoms with E-state index in [1.165, 1.54) is 30.3 Å². The van der Waals surface area contributed by atoms with Gasteiger partial charge in [0, 0.05) is 30.5 Å². The standard InChI is InChI=1S/C28H27FN2O5/c1-4-31(5-2)20-12-10-19(11-13-20)30-26(32)17-34-21-14-15-22-25(16-21)35-18(3)28(27(22)33)36-24-9-7-6-8-23(24)29/h6-16H,4-5,17H2,1-3H3,(H,30,32). The average molecular weight is 491 g/mol. The summed E-state index contributed by atoms with van der Waals surface area (Å²) in [4.78, 5) is 27.5. The summed E-state index contributed by atoms with van der Waals surface area (Å²) < 4.78 is 30.8. The van der Waals surface area contributed by atoms with E-state index in [9.17, 15) is 14.0 Å². The fourth-order valence-corrected chi connectivity index (χ4v) is 3.80. The number of ether oxygens (including phenoxy) is 2. The number of fused-ring (bicyclic) bond motifs is 1. The largest absolute Gasteiger partial charge is 0.484 e. The van der Waals surface area contributed by atoms with Gasteiger partial charge < -0.3 is 24.1 Å². The second kappa shape index (κ2) is 10.9. The molecule has 0 aliphatic carbocycles. The average Bonchev–Trinajstić information content (AvgIpc) is 2.88. The highest BCUT2D eigenvalue weighted by atomic mass is 19.1. The smallest absolute Gasteiger partial charge is 0.262 e. The number of amides is 1. The van der Waals surface area contributed by atoms with Crippen molar-refractivity contribution in [2.75, 3.05) is 29.9 Å². The molecule has 0 saturated carbocycles. The number of nitrogens with one attached hydrogen (secondary N) is 1. The molecule has 0 unspecified atom stereocenters. The van der Waals surface area contributed by atoms with Crippen LogP contribution in [0.5, 0.6) is 17.2 Å². The van der Waals surface area contributed by atoms with E-state index in [-0.39, 0.29) is 40.7 Å². The van der Waals surface area contributed by atoms with Crippen LogP contribution in [0.25, 0.3) is 11.0 Å². The Balaban J connectivity index is 1.43. The molecule has 0 saturated heterocycles. The SMILES string of the molecule is CCN(CC)c1ccc(NC(=O)COc2ccc3c(=O)c(Oc4ccccc4F)c(C)oc3c2)cc1. The molecule has 0 atom stereocenters. The van der Waals surface area contributed by atoms with Crippen LogP contribution in [0, 0.1) is 12.7 Å². The number of para-hydroxylation sites is 1. The Kier molecular flexibility index (Phi) is 7.53. The zero-order valence-electron chi connectivity index (χ0n) is 20.3. The van der Waals surface area contributed by atoms with E-state index in [4.69, 9.17) is 13.9 Å². The van der Waals surface area contributed by atoms with Gasteiger partial charge in [0.05, 0.1) is 5.39 Å². The molecule has 0 radical (unpaired) electrons. The third-order valence-electron chi connectivity index (χ3n) is 5.68. The fourth-order valence-electron chi connectivity index (χ4n) is 3.80. The Morgan fingerprint density at radius 3 is 2.44 bits per heavy atom. The van der Waals surface area contributed by atoms with Crippen molar-refractivity contribution < 1.29 is 23.1 Å². The molecular formula is C28H27FN2O5. The summed E-state index contributed by atoms with van der Waals surface area (Å²) >= 11 is 0. The normalized spacial score (nSPS) is 10.8. The highest BCUT2D eigenvalue weighted by Gasteiger charge is 2.16. The molecule has 7 nitrogen and oxygen atoms in total. The minimum absolute atomic E-state index is 0.0686. The monoisotopic (exact) mass is 490 g/mol. The summed E-state index contributed by atoms with van der Waals surface area (Å²) in [5, 5.41) is 3.05. The minimum atomic E-state index is -0.585. The first-order valence-electron chi connectivity index (χ1n) is 11.7. The van der Waals surface area contributed by atoms with Crippen LogP contribution in [0.2, 0.25) is 0 Å². The molecule has 1 N–H and O–H groups in total. The van der Waals surface area contributed by atoms with Gasteiger partial charge in [-0.1, -0.05) is 12.1 Å². The van der Waals surface area contributed by atoms with Gasteiger partial charge >= 0.3 is 0 Å². The zero-order chi connectivity index (χ0) is 25.7. The summed E-state index contributed by atoms with van der Waals surface area (Å²) in [5.74, 6) is -0.512. The minimum Gasteiger partial charge on any atom is -0.484 e. The van der Waals surface area contributed by atoms with Crippen LogP contribution in [-0.4, -0.2) is 25.6 Å². The number of halogens is 1. The lowest BCUT2D eigenvalue weighted by Gasteiger charge is -2.21. The lowest BCUT2D eigenvalue weighted by molar-refractivity contribution is -0.118. The Hall–Kier alpha value is -4.33. The van der Waals surface area contributed by atoms with Gasteiger partial charge in [-0.25, -0.2) is 4.39 Å². The molecule has 0 aliphatic heterocycles. The van der Waals surface area contributed by atoms with Gasteiger partial charge in [0.25, 0.3) is 5.91 Å². The molecule has 0 fully saturated rings. The predicted molar refractivity (Wildman–Crippen MR) is 138 cm³/mol. The quantitative estimate of drug-likeness (QED) is 0.315. The summed E-state index contributed by atoms with van der Waals surface area (Å²) in [7, 11) is 0. The predicted octanol–water partition coefficient (Wildman–Crippen LogP) is 5.90. The maximum atomic E-state index is 14.0. The Morgan fingerprint density at radius 2 is 1.75 bits per heavy atom. The molecule has 0 aliphatic rings. The number of carbonyl (C=O) groups excluding carboxylic acids is 1. The third kappa shape index (κ3) is 5.49. The maximum absolute atomic E-state index is 14.0. The van der Waals surface area contributed by atoms with Gasteiger partial charge in [0.2, 0.25) is 11.2 Å². The molecular weight excluding hydrogens is 463 g/mol. The van der Waals surface area contributed by atoms with Crippen LogP contribution in [0.15, 0.2) is 75.9 Å². The van der Waals surface area contributed by atoms with E-state index >= 15 is 0 Å². The van der Waals surface area contributed by atoms with E-state index in [0.29, 0.717) is 11.4 Å². The van der Waals surface area contributed by atoms with Crippen molar-refractivity contribution in [1.82, 2.24) is 0 Å². The summed E-state index contributed by atoms with van der Waals surface area (Å²) in [6, 6.07) is 18.0. The summed E-state index contributed by atoms with van der Waals surface area (Å²) in [5.41, 5.74) is 1.59. The van der Waals surface area contributed by atoms with Crippen molar-refractivity contribution in [3.05, 3.63) is 88.5 Å². The Labute approximate surface area is 208 Å². The van der Waals surface area contributed by atoms with Crippen molar-refractivity contribution >= 4 is 28.3 Å². The van der Waals surface area contributed by atoms with Gasteiger partial charge in [0.1, 0.15) is 17.1 Å². The molecule has 1 aromatic heterocycles. The fraction of sp³-hybridized carbons (Fsp3) is 0.214. The molecule has 8 heteroatoms. The molecule has 0 bridgehead atoms. The van der Waals surface area contributed by atoms with Crippen molar-refractivity contribution in [3.63, 3.8) is 0 Å². The van der Waals surface area contributed by atoms with E-state index < -0.39 is 11.2 Å². The first-order valence-corrected chi connectivity index (χ1v) is 11.7. The molecule has 0 spiro atoms. The number of hydrogen-bond donors (Lipinski definition) is 1. The number of hydrogen-bond acceptors (Lipinski definition) is 6. The number of rotatable bonds is 9. The Bertz CT molecular complexity index is 1430. The van der Waals surface area contributed by atoms with Crippen molar-refractivity contribution in [2.45, 2.75) is 20.8 Å². The number of aryl methyl sites for hydroxylation is 1. The third-order valence-corrected chi connectivity index (χ3v) is 5.68. The second-order valence-electron chi connectivity index (χ2n) is 8.06. The van der Waals surface area contributed by atoms with Gasteiger partial charge in [-0.3, -0.25) is 9.59 Å². The molecule has 3 aromatic carbocycles. The molecule has 36 heavy (non-hydrogen) atoms. The zero-order valence-corrected chi connectivity index (χ0v) is 20.3. The Morgan fingerprint density at radius 1 is 1.03 bits per heavy atom. The van der Waals surface area contributed by atoms with Gasteiger partial charge in [-0.2, -0.15) is 0 Å². The van der Waals surface area contributed by atoms with Gasteiger partial charge in [-0.15, -0.1) is 0 Å². The first kappa shape index (κ1) is 24.8. The maximum Gasteiger partial charge on any atom is 0.262 e. The first-order chi connectivity index (χ1) is 17.4. The molecule has 4 aromatic rings. The van der Waals surface area contributed by atoms with Crippen LogP contribution in [0.1, 0.15) is 19.6 Å². The van der Waals surface area contributed by atoms with Crippen LogP contribution in [-0.2, 0) is 4.79 Å². The topological polar surface area (TPSA) is 81.0 Å². The van der Waals surface area contributed by atoms with Crippen molar-refractivity contribution in [2.24, 2.45) is 0 Å². The van der Waals surface area contributed by atoms with E-state index in [1.54, 1.807) is 19.1 Å². The van der Waals surface area contributed by atoms with Crippen LogP contribution >= 0.6 is 0 Å². The number of benzene rings is 3. The summed E-state index contributed by atoms with van der Waals surface area (Å²) in [6.07, 6.45) is 0. The molecule has 1 heterocycles. The number of nitrogens with zero attached hydrogens (tertiary/aromatic N) is 1. The van der Waals surface area contributed by atoms with Gasteiger partial charge in [0.15, 0.2) is 18.2 Å². The highest BCUT2D eigenvalue weighted by molar-refractivity contribution is 5.92. The molecule has 186 valence electrons. The lowest BCUT2D eigenvalue weighted by atomic mass is 10.2. The highest BCUT2D eigenvalue weighted by Crippen LogP contribution is 2.28.